The average molecular weight is 372 g/mol. The summed E-state index contributed by atoms with van der Waals surface area (Å²) in [6, 6.07) is 9.44. The van der Waals surface area contributed by atoms with Crippen molar-refractivity contribution in [3.63, 3.8) is 0 Å². The molecule has 2 aromatic rings. The molecule has 3 rings (SSSR count). The van der Waals surface area contributed by atoms with Crippen molar-refractivity contribution in [3.05, 3.63) is 42.1 Å². The molecule has 1 aliphatic heterocycles. The van der Waals surface area contributed by atoms with Gasteiger partial charge >= 0.3 is 0 Å². The predicted molar refractivity (Wildman–Crippen MR) is 97.1 cm³/mol. The number of nitrogens with zero attached hydrogens (tertiary/aromatic N) is 4. The zero-order valence-corrected chi connectivity index (χ0v) is 15.5. The molecule has 0 N–H and O–H groups in total. The normalized spacial score (nSPS) is 14.3. The van der Waals surface area contributed by atoms with Crippen molar-refractivity contribution < 1.29 is 18.7 Å². The summed E-state index contributed by atoms with van der Waals surface area (Å²) in [4.78, 5) is 28.2. The molecule has 27 heavy (non-hydrogen) atoms. The van der Waals surface area contributed by atoms with Crippen LogP contribution in [-0.2, 0) is 16.0 Å². The van der Waals surface area contributed by atoms with E-state index in [2.05, 4.69) is 10.2 Å². The van der Waals surface area contributed by atoms with Gasteiger partial charge in [-0.25, -0.2) is 0 Å². The maximum absolute atomic E-state index is 12.3. The van der Waals surface area contributed by atoms with E-state index in [1.165, 1.54) is 0 Å². The number of hydrogen-bond donors (Lipinski definition) is 0. The Bertz CT molecular complexity index is 754. The van der Waals surface area contributed by atoms with Gasteiger partial charge in [0.25, 0.3) is 0 Å². The van der Waals surface area contributed by atoms with E-state index >= 15 is 0 Å². The Morgan fingerprint density at radius 3 is 2.22 bits per heavy atom. The van der Waals surface area contributed by atoms with Crippen LogP contribution in [0.4, 0.5) is 0 Å². The highest BCUT2D eigenvalue weighted by Crippen LogP contribution is 2.11. The van der Waals surface area contributed by atoms with Gasteiger partial charge in [0, 0.05) is 45.9 Å². The van der Waals surface area contributed by atoms with Crippen molar-refractivity contribution in [1.29, 1.82) is 0 Å². The number of aromatic nitrogens is 2. The number of carbonyl (C=O) groups excluding carboxylic acids is 2. The fourth-order valence-electron chi connectivity index (χ4n) is 2.95. The molecule has 1 fully saturated rings. The minimum atomic E-state index is 0.0466. The van der Waals surface area contributed by atoms with Crippen molar-refractivity contribution in [2.45, 2.75) is 26.2 Å². The van der Waals surface area contributed by atoms with Crippen LogP contribution in [0, 0.1) is 6.92 Å². The molecule has 0 aliphatic carbocycles. The Balaban J connectivity index is 1.35. The van der Waals surface area contributed by atoms with Gasteiger partial charge in [0.1, 0.15) is 5.75 Å². The van der Waals surface area contributed by atoms with Crippen molar-refractivity contribution in [2.75, 3.05) is 32.8 Å². The van der Waals surface area contributed by atoms with Gasteiger partial charge in [-0.2, -0.15) is 0 Å². The summed E-state index contributed by atoms with van der Waals surface area (Å²) in [6.07, 6.45) is 1.11. The SMILES string of the molecule is Cc1nnc(CCC(=O)N2CCN(C(=O)CCOc3ccccc3)CC2)o1. The third-order valence-electron chi connectivity index (χ3n) is 4.43. The quantitative estimate of drug-likeness (QED) is 0.731. The van der Waals surface area contributed by atoms with Crippen LogP contribution < -0.4 is 4.74 Å². The molecule has 0 spiro atoms. The monoisotopic (exact) mass is 372 g/mol. The number of amides is 2. The van der Waals surface area contributed by atoms with Crippen LogP contribution in [0.3, 0.4) is 0 Å². The number of para-hydroxylation sites is 1. The van der Waals surface area contributed by atoms with Crippen LogP contribution >= 0.6 is 0 Å². The van der Waals surface area contributed by atoms with Crippen molar-refractivity contribution in [3.8, 4) is 5.75 Å². The van der Waals surface area contributed by atoms with E-state index in [9.17, 15) is 9.59 Å². The molecule has 0 atom stereocenters. The molecule has 0 radical (unpaired) electrons. The van der Waals surface area contributed by atoms with Gasteiger partial charge in [0.2, 0.25) is 23.6 Å². The van der Waals surface area contributed by atoms with Gasteiger partial charge in [-0.3, -0.25) is 9.59 Å². The molecule has 1 aromatic carbocycles. The first-order valence-corrected chi connectivity index (χ1v) is 9.14. The van der Waals surface area contributed by atoms with Crippen molar-refractivity contribution in [2.24, 2.45) is 0 Å². The number of hydrogen-bond acceptors (Lipinski definition) is 6. The van der Waals surface area contributed by atoms with Crippen LogP contribution in [0.25, 0.3) is 0 Å². The van der Waals surface area contributed by atoms with Crippen LogP contribution in [0.15, 0.2) is 34.7 Å². The van der Waals surface area contributed by atoms with Gasteiger partial charge in [0.15, 0.2) is 0 Å². The lowest BCUT2D eigenvalue weighted by Gasteiger charge is -2.34. The van der Waals surface area contributed by atoms with Crippen LogP contribution in [-0.4, -0.2) is 64.6 Å². The van der Waals surface area contributed by atoms with Crippen LogP contribution in [0.5, 0.6) is 5.75 Å². The van der Waals surface area contributed by atoms with Crippen LogP contribution in [0.1, 0.15) is 24.6 Å². The zero-order chi connectivity index (χ0) is 19.1. The number of aryl methyl sites for hydroxylation is 2. The number of ether oxygens (including phenoxy) is 1. The number of piperazine rings is 1. The van der Waals surface area contributed by atoms with Crippen molar-refractivity contribution >= 4 is 11.8 Å². The fraction of sp³-hybridized carbons (Fsp3) is 0.474. The second-order valence-electron chi connectivity index (χ2n) is 6.39. The summed E-state index contributed by atoms with van der Waals surface area (Å²) in [5.41, 5.74) is 0. The summed E-state index contributed by atoms with van der Waals surface area (Å²) in [5.74, 6) is 1.84. The second-order valence-corrected chi connectivity index (χ2v) is 6.39. The first kappa shape index (κ1) is 18.9. The Kier molecular flexibility index (Phi) is 6.40. The summed E-state index contributed by atoms with van der Waals surface area (Å²) in [6.45, 7) is 4.27. The Morgan fingerprint density at radius 1 is 1.00 bits per heavy atom. The van der Waals surface area contributed by atoms with Crippen LogP contribution in [0.2, 0.25) is 0 Å². The average Bonchev–Trinajstić information content (AvgIpc) is 3.12. The molecule has 144 valence electrons. The zero-order valence-electron chi connectivity index (χ0n) is 15.5. The van der Waals surface area contributed by atoms with Gasteiger partial charge in [-0.1, -0.05) is 18.2 Å². The number of rotatable bonds is 7. The predicted octanol–water partition coefficient (Wildman–Crippen LogP) is 1.45. The highest BCUT2D eigenvalue weighted by atomic mass is 16.5. The minimum absolute atomic E-state index is 0.0466. The van der Waals surface area contributed by atoms with E-state index < -0.39 is 0 Å². The van der Waals surface area contributed by atoms with Gasteiger partial charge in [-0.15, -0.1) is 10.2 Å². The lowest BCUT2D eigenvalue weighted by molar-refractivity contribution is -0.139. The molecule has 0 saturated carbocycles. The largest absolute Gasteiger partial charge is 0.493 e. The number of benzene rings is 1. The number of carbonyl (C=O) groups is 2. The fourth-order valence-corrected chi connectivity index (χ4v) is 2.95. The van der Waals surface area contributed by atoms with E-state index in [0.717, 1.165) is 5.75 Å². The smallest absolute Gasteiger partial charge is 0.226 e. The minimum Gasteiger partial charge on any atom is -0.493 e. The molecular weight excluding hydrogens is 348 g/mol. The third-order valence-corrected chi connectivity index (χ3v) is 4.43. The second kappa shape index (κ2) is 9.16. The van der Waals surface area contributed by atoms with E-state index in [1.54, 1.807) is 16.7 Å². The maximum Gasteiger partial charge on any atom is 0.226 e. The Labute approximate surface area is 158 Å². The molecule has 1 saturated heterocycles. The topological polar surface area (TPSA) is 88.8 Å². The third kappa shape index (κ3) is 5.54. The maximum atomic E-state index is 12.3. The van der Waals surface area contributed by atoms with Gasteiger partial charge in [0.05, 0.1) is 13.0 Å². The van der Waals surface area contributed by atoms with Crippen molar-refractivity contribution in [1.82, 2.24) is 20.0 Å². The lowest BCUT2D eigenvalue weighted by atomic mass is 10.2. The van der Waals surface area contributed by atoms with E-state index in [0.29, 0.717) is 63.8 Å². The molecule has 2 amide bonds. The summed E-state index contributed by atoms with van der Waals surface area (Å²) >= 11 is 0. The van der Waals surface area contributed by atoms with Gasteiger partial charge in [-0.05, 0) is 12.1 Å². The molecule has 8 nitrogen and oxygen atoms in total. The summed E-state index contributed by atoms with van der Waals surface area (Å²) < 4.78 is 10.9. The summed E-state index contributed by atoms with van der Waals surface area (Å²) in [7, 11) is 0. The molecule has 0 unspecified atom stereocenters. The highest BCUT2D eigenvalue weighted by molar-refractivity contribution is 5.78. The first-order chi connectivity index (χ1) is 13.1. The van der Waals surface area contributed by atoms with E-state index in [4.69, 9.17) is 9.15 Å². The van der Waals surface area contributed by atoms with E-state index in [-0.39, 0.29) is 11.8 Å². The highest BCUT2D eigenvalue weighted by Gasteiger charge is 2.24. The Hall–Kier alpha value is -2.90. The molecule has 1 aromatic heterocycles. The molecule has 8 heteroatoms. The molecular formula is C19H24N4O4. The lowest BCUT2D eigenvalue weighted by Crippen LogP contribution is -2.50. The van der Waals surface area contributed by atoms with Gasteiger partial charge < -0.3 is 19.0 Å². The summed E-state index contributed by atoms with van der Waals surface area (Å²) in [5, 5.41) is 7.65. The first-order valence-electron chi connectivity index (χ1n) is 9.14. The van der Waals surface area contributed by atoms with E-state index in [1.807, 2.05) is 30.3 Å². The molecule has 1 aliphatic rings. The molecule has 0 bridgehead atoms. The molecule has 2 heterocycles. The Morgan fingerprint density at radius 2 is 1.63 bits per heavy atom. The standard InChI is InChI=1S/C19H24N4O4/c1-15-20-21-17(27-15)7-8-18(24)22-10-12-23(13-11-22)19(25)9-14-26-16-5-3-2-4-6-16/h2-6H,7-14H2,1H3.